The molecule has 2 rings (SSSR count). The van der Waals surface area contributed by atoms with Gasteiger partial charge in [0.05, 0.1) is 6.42 Å². The normalized spacial score (nSPS) is 21.6. The van der Waals surface area contributed by atoms with E-state index in [9.17, 15) is 4.79 Å². The fraction of sp³-hybridized carbons (Fsp3) is 0.300. The standard InChI is InChI=1S/C10H11NO2/c1-7-4-2-3-5-8(7)9-6-10(12)11-13-9/h2-5,9H,6H2,1H3,(H,11,12). The molecule has 0 saturated carbocycles. The Morgan fingerprint density at radius 1 is 1.46 bits per heavy atom. The third kappa shape index (κ3) is 1.55. The predicted octanol–water partition coefficient (Wildman–Crippen LogP) is 1.49. The lowest BCUT2D eigenvalue weighted by atomic mass is 10.0. The second kappa shape index (κ2) is 3.18. The van der Waals surface area contributed by atoms with Crippen LogP contribution in [0.25, 0.3) is 0 Å². The lowest BCUT2D eigenvalue weighted by Crippen LogP contribution is -2.11. The number of nitrogens with one attached hydrogen (secondary N) is 1. The monoisotopic (exact) mass is 177 g/mol. The van der Waals surface area contributed by atoms with Gasteiger partial charge < -0.3 is 0 Å². The summed E-state index contributed by atoms with van der Waals surface area (Å²) in [6, 6.07) is 7.93. The van der Waals surface area contributed by atoms with Crippen molar-refractivity contribution in [2.75, 3.05) is 0 Å². The van der Waals surface area contributed by atoms with E-state index in [0.717, 1.165) is 11.1 Å². The first-order chi connectivity index (χ1) is 6.27. The van der Waals surface area contributed by atoms with Gasteiger partial charge in [-0.15, -0.1) is 0 Å². The molecule has 1 atom stereocenters. The molecule has 1 N–H and O–H groups in total. The Labute approximate surface area is 76.7 Å². The lowest BCUT2D eigenvalue weighted by molar-refractivity contribution is -0.124. The van der Waals surface area contributed by atoms with Crippen molar-refractivity contribution in [3.8, 4) is 0 Å². The summed E-state index contributed by atoms with van der Waals surface area (Å²) < 4.78 is 0. The van der Waals surface area contributed by atoms with Gasteiger partial charge in [0.1, 0.15) is 6.10 Å². The van der Waals surface area contributed by atoms with Crippen molar-refractivity contribution in [2.45, 2.75) is 19.4 Å². The minimum Gasteiger partial charge on any atom is -0.273 e. The largest absolute Gasteiger partial charge is 0.273 e. The summed E-state index contributed by atoms with van der Waals surface area (Å²) in [4.78, 5) is 16.0. The number of carbonyl (C=O) groups is 1. The van der Waals surface area contributed by atoms with Gasteiger partial charge in [-0.2, -0.15) is 0 Å². The molecule has 0 radical (unpaired) electrons. The van der Waals surface area contributed by atoms with Crippen molar-refractivity contribution < 1.29 is 9.63 Å². The van der Waals surface area contributed by atoms with Crippen LogP contribution in [0.15, 0.2) is 24.3 Å². The Kier molecular flexibility index (Phi) is 2.02. The average molecular weight is 177 g/mol. The average Bonchev–Trinajstić information content (AvgIpc) is 2.53. The summed E-state index contributed by atoms with van der Waals surface area (Å²) in [6.45, 7) is 2.02. The molecule has 3 heteroatoms. The number of amides is 1. The van der Waals surface area contributed by atoms with Crippen molar-refractivity contribution in [3.05, 3.63) is 35.4 Å². The highest BCUT2D eigenvalue weighted by Gasteiger charge is 2.25. The van der Waals surface area contributed by atoms with Crippen molar-refractivity contribution in [3.63, 3.8) is 0 Å². The summed E-state index contributed by atoms with van der Waals surface area (Å²) in [7, 11) is 0. The summed E-state index contributed by atoms with van der Waals surface area (Å²) in [5, 5.41) is 0. The van der Waals surface area contributed by atoms with Gasteiger partial charge in [-0.1, -0.05) is 24.3 Å². The summed E-state index contributed by atoms with van der Waals surface area (Å²) in [5.41, 5.74) is 4.60. The van der Waals surface area contributed by atoms with E-state index in [1.54, 1.807) is 0 Å². The van der Waals surface area contributed by atoms with E-state index in [-0.39, 0.29) is 12.0 Å². The Morgan fingerprint density at radius 3 is 2.85 bits per heavy atom. The molecule has 68 valence electrons. The van der Waals surface area contributed by atoms with E-state index < -0.39 is 0 Å². The molecule has 1 fully saturated rings. The highest BCUT2D eigenvalue weighted by molar-refractivity contribution is 5.77. The Balaban J connectivity index is 2.26. The van der Waals surface area contributed by atoms with Crippen LogP contribution >= 0.6 is 0 Å². The van der Waals surface area contributed by atoms with Gasteiger partial charge in [0.25, 0.3) is 0 Å². The number of hydrogen-bond donors (Lipinski definition) is 1. The van der Waals surface area contributed by atoms with Crippen LogP contribution in [0, 0.1) is 6.92 Å². The minimum absolute atomic E-state index is 0.0479. The van der Waals surface area contributed by atoms with E-state index in [1.807, 2.05) is 31.2 Å². The van der Waals surface area contributed by atoms with Gasteiger partial charge in [-0.25, -0.2) is 5.48 Å². The molecule has 0 aliphatic carbocycles. The highest BCUT2D eigenvalue weighted by atomic mass is 16.7. The Morgan fingerprint density at radius 2 is 2.23 bits per heavy atom. The van der Waals surface area contributed by atoms with Crippen molar-refractivity contribution in [1.82, 2.24) is 5.48 Å². The van der Waals surface area contributed by atoms with Crippen molar-refractivity contribution >= 4 is 5.91 Å². The van der Waals surface area contributed by atoms with Gasteiger partial charge in [0.2, 0.25) is 5.91 Å². The van der Waals surface area contributed by atoms with Crippen LogP contribution in [0.1, 0.15) is 23.7 Å². The van der Waals surface area contributed by atoms with Gasteiger partial charge in [0.15, 0.2) is 0 Å². The molecule has 0 bridgehead atoms. The molecule has 1 aliphatic rings. The number of hydroxylamine groups is 1. The molecule has 1 saturated heterocycles. The SMILES string of the molecule is Cc1ccccc1C1CC(=O)NO1. The molecule has 1 aromatic rings. The van der Waals surface area contributed by atoms with E-state index in [0.29, 0.717) is 6.42 Å². The van der Waals surface area contributed by atoms with Crippen LogP contribution in [0.3, 0.4) is 0 Å². The van der Waals surface area contributed by atoms with Crippen LogP contribution in [-0.4, -0.2) is 5.91 Å². The maximum absolute atomic E-state index is 10.9. The number of rotatable bonds is 1. The molecule has 1 amide bonds. The second-order valence-corrected chi connectivity index (χ2v) is 3.19. The van der Waals surface area contributed by atoms with Crippen LogP contribution in [0.5, 0.6) is 0 Å². The molecule has 0 spiro atoms. The number of aryl methyl sites for hydroxylation is 1. The molecule has 3 nitrogen and oxygen atoms in total. The Hall–Kier alpha value is -1.35. The first-order valence-corrected chi connectivity index (χ1v) is 4.27. The van der Waals surface area contributed by atoms with E-state index in [1.165, 1.54) is 0 Å². The molecular formula is C10H11NO2. The van der Waals surface area contributed by atoms with Crippen LogP contribution < -0.4 is 5.48 Å². The lowest BCUT2D eigenvalue weighted by Gasteiger charge is -2.09. The summed E-state index contributed by atoms with van der Waals surface area (Å²) in [5.74, 6) is -0.0479. The zero-order chi connectivity index (χ0) is 9.26. The molecule has 13 heavy (non-hydrogen) atoms. The van der Waals surface area contributed by atoms with Gasteiger partial charge in [0, 0.05) is 0 Å². The highest BCUT2D eigenvalue weighted by Crippen LogP contribution is 2.26. The zero-order valence-electron chi connectivity index (χ0n) is 7.41. The molecule has 0 aromatic heterocycles. The molecule has 1 heterocycles. The van der Waals surface area contributed by atoms with Crippen LogP contribution in [-0.2, 0) is 9.63 Å². The topological polar surface area (TPSA) is 38.3 Å². The van der Waals surface area contributed by atoms with Gasteiger partial charge in [-0.05, 0) is 18.1 Å². The van der Waals surface area contributed by atoms with E-state index >= 15 is 0 Å². The first kappa shape index (κ1) is 8.26. The number of benzene rings is 1. The predicted molar refractivity (Wildman–Crippen MR) is 47.8 cm³/mol. The maximum atomic E-state index is 10.9. The van der Waals surface area contributed by atoms with E-state index in [2.05, 4.69) is 5.48 Å². The third-order valence-corrected chi connectivity index (χ3v) is 2.22. The third-order valence-electron chi connectivity index (χ3n) is 2.22. The quantitative estimate of drug-likeness (QED) is 0.705. The van der Waals surface area contributed by atoms with Crippen molar-refractivity contribution in [2.24, 2.45) is 0 Å². The first-order valence-electron chi connectivity index (χ1n) is 4.27. The van der Waals surface area contributed by atoms with Gasteiger partial charge in [-0.3, -0.25) is 9.63 Å². The van der Waals surface area contributed by atoms with E-state index in [4.69, 9.17) is 4.84 Å². The van der Waals surface area contributed by atoms with Gasteiger partial charge >= 0.3 is 0 Å². The minimum atomic E-state index is -0.117. The number of hydrogen-bond acceptors (Lipinski definition) is 2. The molecule has 1 aliphatic heterocycles. The Bertz CT molecular complexity index is 335. The fourth-order valence-corrected chi connectivity index (χ4v) is 1.51. The molecule has 1 unspecified atom stereocenters. The smallest absolute Gasteiger partial charge is 0.246 e. The van der Waals surface area contributed by atoms with Crippen LogP contribution in [0.4, 0.5) is 0 Å². The zero-order valence-corrected chi connectivity index (χ0v) is 7.41. The summed E-state index contributed by atoms with van der Waals surface area (Å²) >= 11 is 0. The molecular weight excluding hydrogens is 166 g/mol. The number of carbonyl (C=O) groups excluding carboxylic acids is 1. The summed E-state index contributed by atoms with van der Waals surface area (Å²) in [6.07, 6.45) is 0.305. The van der Waals surface area contributed by atoms with Crippen molar-refractivity contribution in [1.29, 1.82) is 0 Å². The van der Waals surface area contributed by atoms with Crippen LogP contribution in [0.2, 0.25) is 0 Å². The molecule has 1 aromatic carbocycles. The fourth-order valence-electron chi connectivity index (χ4n) is 1.51. The maximum Gasteiger partial charge on any atom is 0.246 e. The second-order valence-electron chi connectivity index (χ2n) is 3.19.